The van der Waals surface area contributed by atoms with Gasteiger partial charge in [-0.2, -0.15) is 9.47 Å². The van der Waals surface area contributed by atoms with E-state index in [0.717, 1.165) is 69.3 Å². The van der Waals surface area contributed by atoms with E-state index in [0.29, 0.717) is 0 Å². The van der Waals surface area contributed by atoms with Crippen LogP contribution in [0.1, 0.15) is 35.9 Å². The first-order chi connectivity index (χ1) is 14.6. The summed E-state index contributed by atoms with van der Waals surface area (Å²) in [6.07, 6.45) is 2.77. The first-order valence-corrected chi connectivity index (χ1v) is 11.6. The zero-order chi connectivity index (χ0) is 20.7. The first-order valence-electron chi connectivity index (χ1n) is 10.8. The lowest BCUT2D eigenvalue weighted by Crippen LogP contribution is -2.49. The Balaban J connectivity index is 1.16. The van der Waals surface area contributed by atoms with Crippen molar-refractivity contribution in [3.05, 3.63) is 41.7 Å². The van der Waals surface area contributed by atoms with Crippen LogP contribution in [0.15, 0.2) is 30.5 Å². The van der Waals surface area contributed by atoms with E-state index in [4.69, 9.17) is 4.37 Å². The number of piperazine rings is 1. The van der Waals surface area contributed by atoms with Gasteiger partial charge in [-0.1, -0.05) is 12.1 Å². The van der Waals surface area contributed by atoms with E-state index in [1.165, 1.54) is 10.1 Å². The number of carbonyl (C=O) groups excluding carboxylic acids is 1. The van der Waals surface area contributed by atoms with Gasteiger partial charge in [0.25, 0.3) is 5.91 Å². The third-order valence-electron chi connectivity index (χ3n) is 6.19. The number of rotatable bonds is 5. The van der Waals surface area contributed by atoms with Gasteiger partial charge < -0.3 is 9.80 Å². The lowest BCUT2D eigenvalue weighted by atomic mass is 10.1. The first kappa shape index (κ1) is 19.5. The van der Waals surface area contributed by atoms with Gasteiger partial charge in [-0.25, -0.2) is 0 Å². The molecule has 1 saturated heterocycles. The number of nitrogens with zero attached hydrogens (tertiary/aromatic N) is 6. The third kappa shape index (κ3) is 3.58. The van der Waals surface area contributed by atoms with Crippen LogP contribution in [0.2, 0.25) is 0 Å². The highest BCUT2D eigenvalue weighted by Crippen LogP contribution is 2.29. The van der Waals surface area contributed by atoms with Crippen molar-refractivity contribution in [3.8, 4) is 0 Å². The molecule has 0 aliphatic carbocycles. The fourth-order valence-corrected chi connectivity index (χ4v) is 5.12. The molecule has 3 aromatic rings. The van der Waals surface area contributed by atoms with E-state index >= 15 is 0 Å². The standard InChI is InChI=1S/C22H28N6OS/c1-16(2)28-15-18-19(23-28)7-8-27(22(18)29)14-11-25-9-12-26(13-10-25)21-17-5-3-4-6-20(17)30-24-21/h3-6,15-16H,7-14H2,1-2H3. The minimum atomic E-state index is 0.135. The fourth-order valence-electron chi connectivity index (χ4n) is 4.33. The minimum absolute atomic E-state index is 0.135. The van der Waals surface area contributed by atoms with E-state index in [2.05, 4.69) is 53.0 Å². The highest BCUT2D eigenvalue weighted by molar-refractivity contribution is 7.13. The molecule has 0 radical (unpaired) electrons. The second-order valence-electron chi connectivity index (χ2n) is 8.44. The second kappa shape index (κ2) is 8.00. The number of amides is 1. The molecule has 1 aromatic carbocycles. The van der Waals surface area contributed by atoms with E-state index < -0.39 is 0 Å². The summed E-state index contributed by atoms with van der Waals surface area (Å²) in [5.41, 5.74) is 1.74. The molecule has 158 valence electrons. The maximum absolute atomic E-state index is 12.9. The Morgan fingerprint density at radius 2 is 1.87 bits per heavy atom. The lowest BCUT2D eigenvalue weighted by molar-refractivity contribution is 0.0716. The van der Waals surface area contributed by atoms with Gasteiger partial charge in [-0.05, 0) is 37.5 Å². The molecule has 7 nitrogen and oxygen atoms in total. The molecule has 2 aromatic heterocycles. The van der Waals surface area contributed by atoms with Crippen LogP contribution in [0, 0.1) is 0 Å². The summed E-state index contributed by atoms with van der Waals surface area (Å²) in [5.74, 6) is 1.26. The minimum Gasteiger partial charge on any atom is -0.353 e. The van der Waals surface area contributed by atoms with Gasteiger partial charge in [-0.15, -0.1) is 0 Å². The third-order valence-corrected chi connectivity index (χ3v) is 7.01. The largest absolute Gasteiger partial charge is 0.353 e. The summed E-state index contributed by atoms with van der Waals surface area (Å²) in [6, 6.07) is 8.74. The summed E-state index contributed by atoms with van der Waals surface area (Å²) < 4.78 is 7.86. The Labute approximate surface area is 181 Å². The van der Waals surface area contributed by atoms with Crippen LogP contribution in [0.4, 0.5) is 5.82 Å². The molecule has 0 unspecified atom stereocenters. The average molecular weight is 425 g/mol. The molecule has 2 aliphatic heterocycles. The Hall–Kier alpha value is -2.45. The van der Waals surface area contributed by atoms with Gasteiger partial charge in [0.1, 0.15) is 5.82 Å². The molecule has 4 heterocycles. The summed E-state index contributed by atoms with van der Waals surface area (Å²) in [7, 11) is 0. The number of hydrogen-bond donors (Lipinski definition) is 0. The van der Waals surface area contributed by atoms with Crippen LogP contribution in [0.3, 0.4) is 0 Å². The molecule has 0 saturated carbocycles. The van der Waals surface area contributed by atoms with Crippen LogP contribution in [-0.4, -0.2) is 75.7 Å². The predicted octanol–water partition coefficient (Wildman–Crippen LogP) is 2.89. The van der Waals surface area contributed by atoms with Crippen molar-refractivity contribution in [1.82, 2.24) is 24.0 Å². The van der Waals surface area contributed by atoms with Crippen LogP contribution >= 0.6 is 11.5 Å². The zero-order valence-electron chi connectivity index (χ0n) is 17.6. The Bertz CT molecular complexity index is 1050. The highest BCUT2D eigenvalue weighted by atomic mass is 32.1. The number of anilines is 1. The van der Waals surface area contributed by atoms with Crippen molar-refractivity contribution in [1.29, 1.82) is 0 Å². The quantitative estimate of drug-likeness (QED) is 0.630. The Morgan fingerprint density at radius 3 is 2.67 bits per heavy atom. The maximum atomic E-state index is 12.9. The van der Waals surface area contributed by atoms with E-state index in [1.807, 2.05) is 15.8 Å². The monoisotopic (exact) mass is 424 g/mol. The normalized spacial score (nSPS) is 17.9. The van der Waals surface area contributed by atoms with E-state index in [1.54, 1.807) is 11.5 Å². The second-order valence-corrected chi connectivity index (χ2v) is 9.24. The maximum Gasteiger partial charge on any atom is 0.257 e. The summed E-state index contributed by atoms with van der Waals surface area (Å²) in [5, 5.41) is 5.84. The van der Waals surface area contributed by atoms with E-state index in [-0.39, 0.29) is 11.9 Å². The number of carbonyl (C=O) groups is 1. The molecule has 5 rings (SSSR count). The number of benzene rings is 1. The highest BCUT2D eigenvalue weighted by Gasteiger charge is 2.28. The molecule has 30 heavy (non-hydrogen) atoms. The van der Waals surface area contributed by atoms with Crippen molar-refractivity contribution in [2.45, 2.75) is 26.3 Å². The molecule has 0 spiro atoms. The van der Waals surface area contributed by atoms with Crippen molar-refractivity contribution in [2.24, 2.45) is 0 Å². The van der Waals surface area contributed by atoms with Gasteiger partial charge >= 0.3 is 0 Å². The summed E-state index contributed by atoms with van der Waals surface area (Å²) in [6.45, 7) is 10.6. The molecule has 8 heteroatoms. The zero-order valence-corrected chi connectivity index (χ0v) is 18.4. The number of aromatic nitrogens is 3. The smallest absolute Gasteiger partial charge is 0.257 e. The lowest BCUT2D eigenvalue weighted by Gasteiger charge is -2.36. The molecule has 1 fully saturated rings. The van der Waals surface area contributed by atoms with Crippen molar-refractivity contribution in [2.75, 3.05) is 50.7 Å². The van der Waals surface area contributed by atoms with Gasteiger partial charge in [0.15, 0.2) is 0 Å². The van der Waals surface area contributed by atoms with Crippen molar-refractivity contribution >= 4 is 33.3 Å². The molecule has 1 amide bonds. The van der Waals surface area contributed by atoms with Crippen molar-refractivity contribution < 1.29 is 4.79 Å². The molecule has 0 bridgehead atoms. The Kier molecular flexibility index (Phi) is 5.20. The van der Waals surface area contributed by atoms with Crippen LogP contribution < -0.4 is 4.90 Å². The van der Waals surface area contributed by atoms with Crippen LogP contribution in [0.25, 0.3) is 10.1 Å². The van der Waals surface area contributed by atoms with Crippen LogP contribution in [0.5, 0.6) is 0 Å². The molecule has 2 aliphatic rings. The molecule has 0 atom stereocenters. The van der Waals surface area contributed by atoms with Gasteiger partial charge in [0, 0.05) is 69.9 Å². The summed E-state index contributed by atoms with van der Waals surface area (Å²) in [4.78, 5) is 19.8. The molecular formula is C22H28N6OS. The number of hydrogen-bond acceptors (Lipinski definition) is 6. The topological polar surface area (TPSA) is 57.5 Å². The predicted molar refractivity (Wildman–Crippen MR) is 120 cm³/mol. The summed E-state index contributed by atoms with van der Waals surface area (Å²) >= 11 is 1.58. The molecule has 0 N–H and O–H groups in total. The number of fused-ring (bicyclic) bond motifs is 2. The van der Waals surface area contributed by atoms with Gasteiger partial charge in [-0.3, -0.25) is 14.4 Å². The van der Waals surface area contributed by atoms with Crippen molar-refractivity contribution in [3.63, 3.8) is 0 Å². The van der Waals surface area contributed by atoms with Gasteiger partial charge in [0.2, 0.25) is 0 Å². The fraction of sp³-hybridized carbons (Fsp3) is 0.500. The Morgan fingerprint density at radius 1 is 1.07 bits per heavy atom. The van der Waals surface area contributed by atoms with Gasteiger partial charge in [0.05, 0.1) is 16.0 Å². The average Bonchev–Trinajstić information content (AvgIpc) is 3.39. The molecular weight excluding hydrogens is 396 g/mol. The van der Waals surface area contributed by atoms with Crippen LogP contribution in [-0.2, 0) is 6.42 Å². The van der Waals surface area contributed by atoms with E-state index in [9.17, 15) is 4.79 Å². The SMILES string of the molecule is CC(C)n1cc2c(n1)CCN(CCN1CCN(c3nsc4ccccc34)CC1)C2=O.